The summed E-state index contributed by atoms with van der Waals surface area (Å²) in [6.07, 6.45) is 3.52. The summed E-state index contributed by atoms with van der Waals surface area (Å²) in [5.41, 5.74) is 3.81. The maximum atomic E-state index is 11.6. The molecule has 2 heterocycles. The largest absolute Gasteiger partial charge is 0.414 e. The topological polar surface area (TPSA) is 58.9 Å². The predicted molar refractivity (Wildman–Crippen MR) is 103 cm³/mol. The van der Waals surface area contributed by atoms with Gasteiger partial charge in [0.25, 0.3) is 5.65 Å². The molecule has 0 radical (unpaired) electrons. The van der Waals surface area contributed by atoms with Crippen LogP contribution in [-0.4, -0.2) is 42.6 Å². The first-order valence-corrected chi connectivity index (χ1v) is 8.52. The molecule has 0 fully saturated rings. The van der Waals surface area contributed by atoms with Crippen LogP contribution in [0.5, 0.6) is 5.75 Å². The van der Waals surface area contributed by atoms with Crippen molar-refractivity contribution in [2.24, 2.45) is 7.05 Å². The Bertz CT molecular complexity index is 1010. The van der Waals surface area contributed by atoms with Gasteiger partial charge in [-0.2, -0.15) is 0 Å². The lowest BCUT2D eigenvalue weighted by molar-refractivity contribution is -0.509. The Morgan fingerprint density at radius 2 is 1.67 bits per heavy atom. The lowest BCUT2D eigenvalue weighted by atomic mass is 10.1. The Labute approximate surface area is 158 Å². The number of imidazole rings is 1. The van der Waals surface area contributed by atoms with Crippen LogP contribution in [0.3, 0.4) is 0 Å². The zero-order valence-corrected chi connectivity index (χ0v) is 16.1. The number of amides is 2. The number of carbonyl (C=O) groups excluding carboxylic acids is 2. The van der Waals surface area contributed by atoms with E-state index in [4.69, 9.17) is 4.74 Å². The third-order valence-electron chi connectivity index (χ3n) is 4.49. The van der Waals surface area contributed by atoms with E-state index in [1.807, 2.05) is 48.1 Å². The Balaban J connectivity index is 1.93. The molecule has 0 aliphatic carbocycles. The molecule has 3 aromatic rings. The van der Waals surface area contributed by atoms with Crippen molar-refractivity contribution in [3.63, 3.8) is 0 Å². The van der Waals surface area contributed by atoms with Crippen LogP contribution in [0.15, 0.2) is 48.8 Å². The number of hydrogen-bond donors (Lipinski definition) is 0. The van der Waals surface area contributed by atoms with Crippen LogP contribution in [0.4, 0.5) is 10.5 Å². The van der Waals surface area contributed by atoms with Crippen molar-refractivity contribution < 1.29 is 18.7 Å². The van der Waals surface area contributed by atoms with E-state index in [1.165, 1.54) is 11.8 Å². The maximum absolute atomic E-state index is 11.6. The molecular formula is C20H23N4O3+. The minimum absolute atomic E-state index is 0.0195. The van der Waals surface area contributed by atoms with Gasteiger partial charge in [-0.1, -0.05) is 0 Å². The number of aryl methyl sites for hydroxylation is 1. The van der Waals surface area contributed by atoms with Gasteiger partial charge in [-0.3, -0.25) is 4.79 Å². The van der Waals surface area contributed by atoms with Crippen LogP contribution in [0.25, 0.3) is 16.9 Å². The van der Waals surface area contributed by atoms with Crippen LogP contribution in [0, 0.1) is 0 Å². The molecule has 3 rings (SSSR count). The molecule has 0 unspecified atom stereocenters. The Morgan fingerprint density at radius 1 is 1.00 bits per heavy atom. The Morgan fingerprint density at radius 3 is 2.26 bits per heavy atom. The number of aromatic nitrogens is 2. The number of rotatable bonds is 3. The molecule has 0 spiro atoms. The van der Waals surface area contributed by atoms with Gasteiger partial charge in [-0.05, 0) is 30.3 Å². The third kappa shape index (κ3) is 3.62. The molecular weight excluding hydrogens is 344 g/mol. The van der Waals surface area contributed by atoms with Crippen molar-refractivity contribution in [1.29, 1.82) is 0 Å². The molecule has 0 bridgehead atoms. The molecule has 0 aliphatic rings. The lowest BCUT2D eigenvalue weighted by Crippen LogP contribution is -2.27. The first-order chi connectivity index (χ1) is 12.8. The van der Waals surface area contributed by atoms with Crippen molar-refractivity contribution in [2.75, 3.05) is 26.0 Å². The summed E-state index contributed by atoms with van der Waals surface area (Å²) < 4.78 is 9.32. The van der Waals surface area contributed by atoms with Crippen molar-refractivity contribution in [3.8, 4) is 17.0 Å². The highest BCUT2D eigenvalue weighted by atomic mass is 16.6. The number of fused-ring (bicyclic) bond motifs is 1. The summed E-state index contributed by atoms with van der Waals surface area (Å²) in [4.78, 5) is 26.2. The summed E-state index contributed by atoms with van der Waals surface area (Å²) >= 11 is 0. The van der Waals surface area contributed by atoms with Crippen LogP contribution < -0.4 is 14.0 Å². The smallest absolute Gasteiger partial charge is 0.410 e. The summed E-state index contributed by atoms with van der Waals surface area (Å²) in [5.74, 6) is 0.475. The summed E-state index contributed by atoms with van der Waals surface area (Å²) in [5, 5.41) is 0. The first-order valence-electron chi connectivity index (χ1n) is 8.52. The standard InChI is InChI=1S/C20H23N4O3/c1-14(25)22(4)16-8-11-19-23(5)18(13-24(19)12-16)15-6-9-17(10-7-15)27-20(26)21(2)3/h6-13H,1-5H3/q+1. The van der Waals surface area contributed by atoms with Gasteiger partial charge < -0.3 is 14.5 Å². The van der Waals surface area contributed by atoms with E-state index >= 15 is 0 Å². The quantitative estimate of drug-likeness (QED) is 0.668. The van der Waals surface area contributed by atoms with Crippen molar-refractivity contribution in [1.82, 2.24) is 9.47 Å². The number of anilines is 1. The lowest BCUT2D eigenvalue weighted by Gasteiger charge is -2.12. The fourth-order valence-corrected chi connectivity index (χ4v) is 2.76. The molecule has 7 heteroatoms. The van der Waals surface area contributed by atoms with Gasteiger partial charge in [0, 0.05) is 39.7 Å². The number of pyridine rings is 1. The zero-order valence-electron chi connectivity index (χ0n) is 16.1. The normalized spacial score (nSPS) is 10.7. The molecule has 7 nitrogen and oxygen atoms in total. The molecule has 140 valence electrons. The average Bonchev–Trinajstić information content (AvgIpc) is 2.97. The molecule has 0 saturated carbocycles. The Kier molecular flexibility index (Phi) is 4.85. The molecule has 0 aliphatic heterocycles. The van der Waals surface area contributed by atoms with Crippen molar-refractivity contribution in [2.45, 2.75) is 6.92 Å². The molecule has 1 aromatic carbocycles. The molecule has 2 aromatic heterocycles. The third-order valence-corrected chi connectivity index (χ3v) is 4.49. The van der Waals surface area contributed by atoms with E-state index in [2.05, 4.69) is 4.57 Å². The predicted octanol–water partition coefficient (Wildman–Crippen LogP) is 2.47. The molecule has 2 amide bonds. The van der Waals surface area contributed by atoms with Crippen LogP contribution in [-0.2, 0) is 11.8 Å². The minimum atomic E-state index is -0.412. The molecule has 0 saturated heterocycles. The van der Waals surface area contributed by atoms with Crippen LogP contribution in [0.2, 0.25) is 0 Å². The zero-order chi connectivity index (χ0) is 19.7. The van der Waals surface area contributed by atoms with Crippen molar-refractivity contribution in [3.05, 3.63) is 48.8 Å². The maximum Gasteiger partial charge on any atom is 0.414 e. The summed E-state index contributed by atoms with van der Waals surface area (Å²) in [6, 6.07) is 11.3. The minimum Gasteiger partial charge on any atom is -0.410 e. The molecule has 0 N–H and O–H groups in total. The SMILES string of the molecule is CC(=O)N(C)c1ccc2n(C)c(-c3ccc(OC(=O)N(C)C)cc3)c[n+]2c1. The highest BCUT2D eigenvalue weighted by Crippen LogP contribution is 2.23. The van der Waals surface area contributed by atoms with E-state index in [9.17, 15) is 9.59 Å². The van der Waals surface area contributed by atoms with Crippen molar-refractivity contribution >= 4 is 23.3 Å². The monoisotopic (exact) mass is 367 g/mol. The van der Waals surface area contributed by atoms with Gasteiger partial charge in [-0.25, -0.2) is 13.8 Å². The fraction of sp³-hybridized carbons (Fsp3) is 0.250. The Hall–Kier alpha value is -3.35. The average molecular weight is 367 g/mol. The van der Waals surface area contributed by atoms with Gasteiger partial charge in [-0.15, -0.1) is 0 Å². The van der Waals surface area contributed by atoms with Gasteiger partial charge in [0.05, 0.1) is 12.7 Å². The van der Waals surface area contributed by atoms with Crippen LogP contribution >= 0.6 is 0 Å². The second kappa shape index (κ2) is 7.11. The summed E-state index contributed by atoms with van der Waals surface area (Å²) in [6.45, 7) is 1.54. The number of ether oxygens (including phenoxy) is 1. The van der Waals surface area contributed by atoms with E-state index < -0.39 is 6.09 Å². The van der Waals surface area contributed by atoms with Crippen LogP contribution in [0.1, 0.15) is 6.92 Å². The van der Waals surface area contributed by atoms with Gasteiger partial charge >= 0.3 is 6.09 Å². The van der Waals surface area contributed by atoms with Gasteiger partial charge in [0.1, 0.15) is 18.1 Å². The highest BCUT2D eigenvalue weighted by Gasteiger charge is 2.18. The van der Waals surface area contributed by atoms with E-state index in [1.54, 1.807) is 38.2 Å². The van der Waals surface area contributed by atoms with E-state index in [0.717, 1.165) is 22.6 Å². The fourth-order valence-electron chi connectivity index (χ4n) is 2.76. The number of hydrogen-bond acceptors (Lipinski definition) is 3. The van der Waals surface area contributed by atoms with Gasteiger partial charge in [0.2, 0.25) is 5.91 Å². The molecule has 0 atom stereocenters. The summed E-state index contributed by atoms with van der Waals surface area (Å²) in [7, 11) is 7.02. The van der Waals surface area contributed by atoms with Gasteiger partial charge in [0.15, 0.2) is 5.69 Å². The van der Waals surface area contributed by atoms with E-state index in [-0.39, 0.29) is 5.91 Å². The second-order valence-electron chi connectivity index (χ2n) is 6.59. The second-order valence-corrected chi connectivity index (χ2v) is 6.59. The number of benzene rings is 1. The first kappa shape index (κ1) is 18.4. The highest BCUT2D eigenvalue weighted by molar-refractivity contribution is 5.90. The molecule has 27 heavy (non-hydrogen) atoms. The van der Waals surface area contributed by atoms with E-state index in [0.29, 0.717) is 5.75 Å². The number of carbonyl (C=O) groups is 2. The number of nitrogens with zero attached hydrogens (tertiary/aromatic N) is 4.